The molecule has 2 heterocycles. The Morgan fingerprint density at radius 1 is 0.435 bits per heavy atom. The molecule has 62 heavy (non-hydrogen) atoms. The minimum atomic E-state index is -0.407. The lowest BCUT2D eigenvalue weighted by Crippen LogP contribution is -2.28. The molecule has 0 aromatic rings. The molecule has 358 valence electrons. The molecule has 2 amide bonds. The predicted octanol–water partition coefficient (Wildman–Crippen LogP) is 11.9. The van der Waals surface area contributed by atoms with Crippen LogP contribution in [0.15, 0.2) is 24.3 Å². The van der Waals surface area contributed by atoms with Gasteiger partial charge in [-0.15, -0.1) is 0 Å². The third kappa shape index (κ3) is 29.6. The molecular weight excluding hydrogens is 781 g/mol. The maximum Gasteiger partial charge on any atom is 0.311 e. The van der Waals surface area contributed by atoms with Crippen molar-refractivity contribution in [3.63, 3.8) is 0 Å². The van der Waals surface area contributed by atoms with Crippen molar-refractivity contribution in [3.8, 4) is 0 Å². The smallest absolute Gasteiger partial charge is 0.311 e. The number of rotatable bonds is 43. The molecule has 0 saturated carbocycles. The van der Waals surface area contributed by atoms with Gasteiger partial charge in [0.15, 0.2) is 0 Å². The van der Waals surface area contributed by atoms with Gasteiger partial charge in [0, 0.05) is 39.0 Å². The quantitative estimate of drug-likeness (QED) is 0.0338. The summed E-state index contributed by atoms with van der Waals surface area (Å²) in [6.07, 6.45) is 45.0. The average molecular weight is 873 g/mol. The summed E-state index contributed by atoms with van der Waals surface area (Å²) < 4.78 is 21.8. The molecule has 10 heteroatoms. The molecule has 2 atom stereocenters. The Morgan fingerprint density at radius 2 is 0.726 bits per heavy atom. The van der Waals surface area contributed by atoms with Crippen LogP contribution in [0.1, 0.15) is 206 Å². The number of carbonyl (C=O) groups excluding carboxylic acids is 4. The standard InChI is InChI=1S/C52H92N2O8/c1-3-5-7-9-11-13-15-17-19-21-23-25-27-29-31-33-35-53-45-47(43-49(53)55)51(57)61-41-39-59-37-38-60-40-42-62-52(58)48-44-50(56)54(46-48)36-34-32-30-28-26-24-22-20-18-16-14-12-10-8-6-4-2/h17-20,47-48H,3-16,21-46H2,1-2H3/b19-17-,20-18-. The number of unbranched alkanes of at least 4 members (excludes halogenated alkanes) is 24. The lowest BCUT2D eigenvalue weighted by molar-refractivity contribution is -0.151. The zero-order valence-corrected chi connectivity index (χ0v) is 39.9. The van der Waals surface area contributed by atoms with Crippen molar-refractivity contribution in [1.29, 1.82) is 0 Å². The number of amides is 2. The van der Waals surface area contributed by atoms with Crippen LogP contribution in [0.25, 0.3) is 0 Å². The van der Waals surface area contributed by atoms with E-state index >= 15 is 0 Å². The highest BCUT2D eigenvalue weighted by Gasteiger charge is 2.36. The van der Waals surface area contributed by atoms with E-state index in [1.165, 1.54) is 154 Å². The van der Waals surface area contributed by atoms with Gasteiger partial charge in [0.1, 0.15) is 13.2 Å². The van der Waals surface area contributed by atoms with Crippen LogP contribution >= 0.6 is 0 Å². The molecule has 2 aliphatic rings. The summed E-state index contributed by atoms with van der Waals surface area (Å²) in [6, 6.07) is 0. The molecular formula is C52H92N2O8. The van der Waals surface area contributed by atoms with Crippen molar-refractivity contribution in [3.05, 3.63) is 24.3 Å². The van der Waals surface area contributed by atoms with Gasteiger partial charge in [-0.1, -0.05) is 154 Å². The van der Waals surface area contributed by atoms with Crippen LogP contribution in [0.4, 0.5) is 0 Å². The summed E-state index contributed by atoms with van der Waals surface area (Å²) in [7, 11) is 0. The van der Waals surface area contributed by atoms with E-state index in [1.807, 2.05) is 9.80 Å². The van der Waals surface area contributed by atoms with Gasteiger partial charge in [0.25, 0.3) is 0 Å². The molecule has 0 radical (unpaired) electrons. The highest BCUT2D eigenvalue weighted by molar-refractivity contribution is 5.87. The highest BCUT2D eigenvalue weighted by Crippen LogP contribution is 2.22. The Bertz CT molecular complexity index is 1100. The zero-order valence-electron chi connectivity index (χ0n) is 39.9. The summed E-state index contributed by atoms with van der Waals surface area (Å²) in [5.41, 5.74) is 0. The molecule has 2 unspecified atom stereocenters. The van der Waals surface area contributed by atoms with Gasteiger partial charge in [-0.25, -0.2) is 0 Å². The fourth-order valence-corrected chi connectivity index (χ4v) is 8.35. The number of carbonyl (C=O) groups is 4. The molecule has 10 nitrogen and oxygen atoms in total. The summed E-state index contributed by atoms with van der Waals surface area (Å²) in [5, 5.41) is 0. The number of allylic oxidation sites excluding steroid dienone is 4. The van der Waals surface area contributed by atoms with E-state index in [-0.39, 0.29) is 63.0 Å². The lowest BCUT2D eigenvalue weighted by Gasteiger charge is -2.16. The molecule has 2 fully saturated rings. The van der Waals surface area contributed by atoms with E-state index in [0.29, 0.717) is 39.4 Å². The zero-order chi connectivity index (χ0) is 44.6. The minimum Gasteiger partial charge on any atom is -0.463 e. The molecule has 2 rings (SSSR count). The van der Waals surface area contributed by atoms with E-state index in [9.17, 15) is 19.2 Å². The molecule has 2 saturated heterocycles. The van der Waals surface area contributed by atoms with Crippen molar-refractivity contribution in [1.82, 2.24) is 9.80 Å². The van der Waals surface area contributed by atoms with E-state index in [2.05, 4.69) is 38.2 Å². The van der Waals surface area contributed by atoms with Gasteiger partial charge >= 0.3 is 11.9 Å². The normalized spacial score (nSPS) is 16.8. The molecule has 0 bridgehead atoms. The molecule has 0 N–H and O–H groups in total. The van der Waals surface area contributed by atoms with Crippen molar-refractivity contribution in [2.75, 3.05) is 65.8 Å². The van der Waals surface area contributed by atoms with Crippen LogP contribution < -0.4 is 0 Å². The Labute approximate surface area is 379 Å². The number of esters is 2. The van der Waals surface area contributed by atoms with Crippen LogP contribution in [-0.2, 0) is 38.1 Å². The van der Waals surface area contributed by atoms with Crippen molar-refractivity contribution >= 4 is 23.8 Å². The van der Waals surface area contributed by atoms with Crippen LogP contribution in [0.5, 0.6) is 0 Å². The average Bonchev–Trinajstić information content (AvgIpc) is 3.84. The largest absolute Gasteiger partial charge is 0.463 e. The van der Waals surface area contributed by atoms with Crippen molar-refractivity contribution < 1.29 is 38.1 Å². The molecule has 0 aromatic heterocycles. The number of nitrogens with zero attached hydrogens (tertiary/aromatic N) is 2. The van der Waals surface area contributed by atoms with Crippen LogP contribution in [-0.4, -0.2) is 99.4 Å². The molecule has 0 aliphatic carbocycles. The van der Waals surface area contributed by atoms with Gasteiger partial charge in [-0.05, 0) is 64.2 Å². The first-order valence-corrected chi connectivity index (χ1v) is 25.8. The third-order valence-corrected chi connectivity index (χ3v) is 12.3. The topological polar surface area (TPSA) is 112 Å². The van der Waals surface area contributed by atoms with E-state index in [1.54, 1.807) is 0 Å². The predicted molar refractivity (Wildman–Crippen MR) is 252 cm³/mol. The fraction of sp³-hybridized carbons (Fsp3) is 0.846. The Kier molecular flexibility index (Phi) is 35.6. The first-order chi connectivity index (χ1) is 30.5. The van der Waals surface area contributed by atoms with Gasteiger partial charge < -0.3 is 28.7 Å². The first-order valence-electron chi connectivity index (χ1n) is 25.8. The number of ether oxygens (including phenoxy) is 4. The summed E-state index contributed by atoms with van der Waals surface area (Å²) in [6.45, 7) is 8.21. The number of hydrogen-bond donors (Lipinski definition) is 0. The van der Waals surface area contributed by atoms with Gasteiger partial charge in [-0.3, -0.25) is 19.2 Å². The Morgan fingerprint density at radius 3 is 1.06 bits per heavy atom. The van der Waals surface area contributed by atoms with E-state index < -0.39 is 11.8 Å². The SMILES string of the molecule is CCCCCCCC/C=C\CCCCCCCCN1CC(C(=O)OCCOCCOCCOC(=O)C2CC(=O)N(CCCCCCCC/C=C\CCCCCCCC)C2)CC1=O. The number of hydrogen-bond acceptors (Lipinski definition) is 8. The third-order valence-electron chi connectivity index (χ3n) is 12.3. The second-order valence-corrected chi connectivity index (χ2v) is 17.9. The van der Waals surface area contributed by atoms with Crippen LogP contribution in [0, 0.1) is 11.8 Å². The van der Waals surface area contributed by atoms with Crippen LogP contribution in [0.2, 0.25) is 0 Å². The summed E-state index contributed by atoms with van der Waals surface area (Å²) in [5.74, 6) is -1.41. The second kappa shape index (κ2) is 39.8. The maximum absolute atomic E-state index is 12.6. The fourth-order valence-electron chi connectivity index (χ4n) is 8.35. The van der Waals surface area contributed by atoms with Crippen LogP contribution in [0.3, 0.4) is 0 Å². The summed E-state index contributed by atoms with van der Waals surface area (Å²) in [4.78, 5) is 53.7. The second-order valence-electron chi connectivity index (χ2n) is 17.9. The van der Waals surface area contributed by atoms with E-state index in [0.717, 1.165) is 25.7 Å². The summed E-state index contributed by atoms with van der Waals surface area (Å²) >= 11 is 0. The van der Waals surface area contributed by atoms with Gasteiger partial charge in [0.2, 0.25) is 11.8 Å². The van der Waals surface area contributed by atoms with E-state index in [4.69, 9.17) is 18.9 Å². The van der Waals surface area contributed by atoms with Gasteiger partial charge in [-0.2, -0.15) is 0 Å². The molecule has 0 aromatic carbocycles. The first kappa shape index (κ1) is 55.4. The van der Waals surface area contributed by atoms with Crippen molar-refractivity contribution in [2.45, 2.75) is 206 Å². The van der Waals surface area contributed by atoms with Gasteiger partial charge in [0.05, 0.1) is 38.3 Å². The maximum atomic E-state index is 12.6. The monoisotopic (exact) mass is 873 g/mol. The lowest BCUT2D eigenvalue weighted by atomic mass is 10.1. The minimum absolute atomic E-state index is 0.0387. The number of likely N-dealkylation sites (tertiary alicyclic amines) is 2. The molecule has 0 spiro atoms. The highest BCUT2D eigenvalue weighted by atomic mass is 16.6. The Balaban J connectivity index is 1.34. The van der Waals surface area contributed by atoms with Crippen molar-refractivity contribution in [2.24, 2.45) is 11.8 Å². The Hall–Kier alpha value is -2.72. The molecule has 2 aliphatic heterocycles.